The lowest BCUT2D eigenvalue weighted by Gasteiger charge is -2.39. The van der Waals surface area contributed by atoms with Crippen LogP contribution in [-0.2, 0) is 15.6 Å². The van der Waals surface area contributed by atoms with Crippen molar-refractivity contribution in [2.75, 3.05) is 13.1 Å². The molecule has 0 bridgehead atoms. The van der Waals surface area contributed by atoms with Crippen molar-refractivity contribution in [1.82, 2.24) is 4.31 Å². The van der Waals surface area contributed by atoms with Gasteiger partial charge in [-0.1, -0.05) is 91.0 Å². The van der Waals surface area contributed by atoms with Gasteiger partial charge in [-0.05, 0) is 29.5 Å². The van der Waals surface area contributed by atoms with Crippen molar-refractivity contribution >= 4 is 10.0 Å². The quantitative estimate of drug-likeness (QED) is 0.670. The average Bonchev–Trinajstić information content (AvgIpc) is 3.32. The third-order valence-corrected chi connectivity index (χ3v) is 7.93. The summed E-state index contributed by atoms with van der Waals surface area (Å²) in [7, 11) is -3.82. The molecule has 1 saturated heterocycles. The first-order chi connectivity index (χ1) is 14.0. The van der Waals surface area contributed by atoms with Crippen LogP contribution in [0.25, 0.3) is 0 Å². The summed E-state index contributed by atoms with van der Waals surface area (Å²) in [5.41, 5.74) is -0.0362. The van der Waals surface area contributed by atoms with Crippen LogP contribution in [0.5, 0.6) is 0 Å². The highest BCUT2D eigenvalue weighted by Gasteiger charge is 2.50. The Morgan fingerprint density at radius 2 is 1.14 bits per heavy atom. The largest absolute Gasteiger partial charge is 0.379 e. The third kappa shape index (κ3) is 3.62. The molecule has 150 valence electrons. The number of benzene rings is 3. The smallest absolute Gasteiger partial charge is 0.224 e. The van der Waals surface area contributed by atoms with Crippen LogP contribution >= 0.6 is 0 Å². The molecule has 29 heavy (non-hydrogen) atoms. The van der Waals surface area contributed by atoms with E-state index in [0.717, 1.165) is 12.8 Å². The van der Waals surface area contributed by atoms with E-state index in [0.29, 0.717) is 29.8 Å². The molecule has 1 atom stereocenters. The number of rotatable bonds is 6. The van der Waals surface area contributed by atoms with E-state index >= 15 is 0 Å². The first-order valence-corrected chi connectivity index (χ1v) is 11.4. The zero-order valence-corrected chi connectivity index (χ0v) is 17.0. The molecule has 4 rings (SSSR count). The van der Waals surface area contributed by atoms with Crippen molar-refractivity contribution in [3.8, 4) is 0 Å². The maximum atomic E-state index is 13.9. The van der Waals surface area contributed by atoms with Crippen LogP contribution in [0, 0.1) is 0 Å². The molecule has 1 unspecified atom stereocenters. The lowest BCUT2D eigenvalue weighted by molar-refractivity contribution is 0.0729. The average molecular weight is 408 g/mol. The van der Waals surface area contributed by atoms with Gasteiger partial charge in [0.25, 0.3) is 0 Å². The maximum Gasteiger partial charge on any atom is 0.224 e. The van der Waals surface area contributed by atoms with E-state index in [9.17, 15) is 13.5 Å². The highest BCUT2D eigenvalue weighted by atomic mass is 32.2. The molecule has 0 spiro atoms. The van der Waals surface area contributed by atoms with Gasteiger partial charge >= 0.3 is 0 Å². The lowest BCUT2D eigenvalue weighted by atomic mass is 9.81. The molecule has 1 heterocycles. The highest BCUT2D eigenvalue weighted by Crippen LogP contribution is 2.47. The van der Waals surface area contributed by atoms with Crippen LogP contribution in [0.15, 0.2) is 91.0 Å². The molecule has 3 aromatic carbocycles. The molecule has 1 aliphatic heterocycles. The van der Waals surface area contributed by atoms with Gasteiger partial charge in [0.15, 0.2) is 0 Å². The molecule has 1 N–H and O–H groups in total. The fourth-order valence-corrected chi connectivity index (χ4v) is 6.47. The normalized spacial score (nSPS) is 16.6. The molecule has 0 radical (unpaired) electrons. The van der Waals surface area contributed by atoms with Gasteiger partial charge in [0.1, 0.15) is 10.9 Å². The van der Waals surface area contributed by atoms with Crippen LogP contribution in [0.1, 0.15) is 34.8 Å². The van der Waals surface area contributed by atoms with E-state index in [1.54, 1.807) is 36.4 Å². The summed E-state index contributed by atoms with van der Waals surface area (Å²) in [6.07, 6.45) is 1.69. The summed E-state index contributed by atoms with van der Waals surface area (Å²) < 4.78 is 29.3. The third-order valence-electron chi connectivity index (χ3n) is 5.63. The van der Waals surface area contributed by atoms with Gasteiger partial charge in [0.05, 0.1) is 0 Å². The topological polar surface area (TPSA) is 57.6 Å². The zero-order valence-electron chi connectivity index (χ0n) is 16.2. The van der Waals surface area contributed by atoms with E-state index in [1.165, 1.54) is 4.31 Å². The van der Waals surface area contributed by atoms with E-state index in [2.05, 4.69) is 0 Å². The van der Waals surface area contributed by atoms with Gasteiger partial charge in [-0.3, -0.25) is 0 Å². The Labute approximate surface area is 172 Å². The van der Waals surface area contributed by atoms with Crippen molar-refractivity contribution < 1.29 is 13.5 Å². The van der Waals surface area contributed by atoms with Gasteiger partial charge < -0.3 is 5.11 Å². The lowest BCUT2D eigenvalue weighted by Crippen LogP contribution is -2.44. The Kier molecular flexibility index (Phi) is 5.54. The van der Waals surface area contributed by atoms with Crippen LogP contribution < -0.4 is 0 Å². The fourth-order valence-electron chi connectivity index (χ4n) is 4.20. The summed E-state index contributed by atoms with van der Waals surface area (Å²) in [6.45, 7) is 0.983. The number of nitrogens with zero attached hydrogens (tertiary/aromatic N) is 1. The summed E-state index contributed by atoms with van der Waals surface area (Å²) >= 11 is 0. The van der Waals surface area contributed by atoms with Crippen molar-refractivity contribution in [3.05, 3.63) is 108 Å². The molecular weight excluding hydrogens is 382 g/mol. The van der Waals surface area contributed by atoms with E-state index in [4.69, 9.17) is 0 Å². The number of aliphatic hydroxyl groups is 1. The molecule has 4 nitrogen and oxygen atoms in total. The van der Waals surface area contributed by atoms with Gasteiger partial charge in [-0.2, -0.15) is 0 Å². The van der Waals surface area contributed by atoms with Crippen molar-refractivity contribution in [1.29, 1.82) is 0 Å². The van der Waals surface area contributed by atoms with E-state index in [1.807, 2.05) is 54.6 Å². The molecule has 5 heteroatoms. The summed E-state index contributed by atoms with van der Waals surface area (Å²) in [5.74, 6) is 0. The molecule has 1 aliphatic rings. The minimum absolute atomic E-state index is 0.491. The predicted molar refractivity (Wildman–Crippen MR) is 115 cm³/mol. The summed E-state index contributed by atoms with van der Waals surface area (Å²) in [6, 6.07) is 27.3. The SMILES string of the molecule is O=S(=O)(C(c1ccccc1)C(O)(c1ccccc1)c1ccccc1)N1CCCC1. The Balaban J connectivity index is 1.99. The molecule has 3 aromatic rings. The van der Waals surface area contributed by atoms with E-state index < -0.39 is 20.9 Å². The van der Waals surface area contributed by atoms with Crippen LogP contribution in [0.4, 0.5) is 0 Å². The number of hydrogen-bond acceptors (Lipinski definition) is 3. The van der Waals surface area contributed by atoms with Gasteiger partial charge in [-0.15, -0.1) is 0 Å². The van der Waals surface area contributed by atoms with Crippen LogP contribution in [0.2, 0.25) is 0 Å². The van der Waals surface area contributed by atoms with Crippen molar-refractivity contribution in [2.45, 2.75) is 23.7 Å². The predicted octanol–water partition coefficient (Wildman–Crippen LogP) is 4.09. The fraction of sp³-hybridized carbons (Fsp3) is 0.250. The second-order valence-electron chi connectivity index (χ2n) is 7.44. The molecule has 0 aliphatic carbocycles. The molecule has 1 fully saturated rings. The Morgan fingerprint density at radius 1 is 0.724 bits per heavy atom. The van der Waals surface area contributed by atoms with E-state index in [-0.39, 0.29) is 0 Å². The first kappa shape index (κ1) is 19.8. The zero-order chi connectivity index (χ0) is 20.3. The monoisotopic (exact) mass is 407 g/mol. The Morgan fingerprint density at radius 3 is 1.59 bits per heavy atom. The second kappa shape index (κ2) is 8.11. The number of hydrogen-bond donors (Lipinski definition) is 1. The molecule has 0 aromatic heterocycles. The van der Waals surface area contributed by atoms with Gasteiger partial charge in [-0.25, -0.2) is 12.7 Å². The van der Waals surface area contributed by atoms with Gasteiger partial charge in [0.2, 0.25) is 10.0 Å². The Hall–Kier alpha value is -2.47. The minimum atomic E-state index is -3.82. The number of sulfonamides is 1. The maximum absolute atomic E-state index is 13.9. The summed E-state index contributed by atoms with van der Waals surface area (Å²) in [4.78, 5) is 0. The Bertz CT molecular complexity index is 992. The first-order valence-electron chi connectivity index (χ1n) is 9.92. The molecule has 0 amide bonds. The minimum Gasteiger partial charge on any atom is -0.379 e. The molecular formula is C24H25NO3S. The molecule has 0 saturated carbocycles. The standard InChI is InChI=1S/C24H25NO3S/c26-24(21-14-6-2-7-15-21,22-16-8-3-9-17-22)23(20-12-4-1-5-13-20)29(27,28)25-18-10-11-19-25/h1-9,12-17,23,26H,10-11,18-19H2. The van der Waals surface area contributed by atoms with Crippen molar-refractivity contribution in [3.63, 3.8) is 0 Å². The second-order valence-corrected chi connectivity index (χ2v) is 9.46. The van der Waals surface area contributed by atoms with Crippen molar-refractivity contribution in [2.24, 2.45) is 0 Å². The highest BCUT2D eigenvalue weighted by molar-refractivity contribution is 7.89. The van der Waals surface area contributed by atoms with Gasteiger partial charge in [0, 0.05) is 13.1 Å². The van der Waals surface area contributed by atoms with Crippen LogP contribution in [0.3, 0.4) is 0 Å². The summed E-state index contributed by atoms with van der Waals surface area (Å²) in [5, 5.41) is 11.1. The van der Waals surface area contributed by atoms with Crippen LogP contribution in [-0.4, -0.2) is 30.9 Å².